The lowest BCUT2D eigenvalue weighted by molar-refractivity contribution is 0.134. The van der Waals surface area contributed by atoms with E-state index < -0.39 is 12.0 Å². The smallest absolute Gasteiger partial charge is 0.284 e. The maximum Gasteiger partial charge on any atom is 0.284 e. The molecule has 0 unspecified atom stereocenters. The van der Waals surface area contributed by atoms with Gasteiger partial charge in [0.05, 0.1) is 5.69 Å². The molecule has 0 spiro atoms. The molecule has 0 bridgehead atoms. The van der Waals surface area contributed by atoms with Crippen LogP contribution >= 0.6 is 0 Å². The Morgan fingerprint density at radius 1 is 1.24 bits per heavy atom. The summed E-state index contributed by atoms with van der Waals surface area (Å²) in [7, 11) is 0. The number of halogens is 2. The minimum Gasteiger partial charge on any atom is -0.490 e. The summed E-state index contributed by atoms with van der Waals surface area (Å²) >= 11 is 0. The Hall–Kier alpha value is -2.08. The minimum atomic E-state index is -2.73. The number of pyridine rings is 2. The van der Waals surface area contributed by atoms with Crippen molar-refractivity contribution >= 4 is 0 Å². The van der Waals surface area contributed by atoms with Crippen LogP contribution in [0.1, 0.15) is 44.9 Å². The lowest BCUT2D eigenvalue weighted by atomic mass is 9.93. The molecule has 25 heavy (non-hydrogen) atoms. The van der Waals surface area contributed by atoms with Crippen LogP contribution in [0.4, 0.5) is 8.78 Å². The van der Waals surface area contributed by atoms with Crippen molar-refractivity contribution in [3.05, 3.63) is 41.9 Å². The molecule has 2 rings (SSSR count). The molecule has 0 amide bonds. The second-order valence-electron chi connectivity index (χ2n) is 7.11. The lowest BCUT2D eigenvalue weighted by Crippen LogP contribution is -2.43. The third-order valence-electron chi connectivity index (χ3n) is 3.80. The van der Waals surface area contributed by atoms with E-state index in [2.05, 4.69) is 23.8 Å². The van der Waals surface area contributed by atoms with E-state index in [0.29, 0.717) is 11.6 Å². The highest BCUT2D eigenvalue weighted by Crippen LogP contribution is 2.33. The van der Waals surface area contributed by atoms with Gasteiger partial charge in [0.1, 0.15) is 18.1 Å². The number of ether oxygens (including phenoxy) is 1. The number of hydrogen-bond donors (Lipinski definition) is 1. The molecule has 0 aliphatic carbocycles. The molecule has 136 valence electrons. The van der Waals surface area contributed by atoms with Crippen molar-refractivity contribution in [1.82, 2.24) is 9.97 Å². The number of nitrogens with zero attached hydrogens (tertiary/aromatic N) is 2. The minimum absolute atomic E-state index is 0.0886. The zero-order valence-electron chi connectivity index (χ0n) is 15.1. The van der Waals surface area contributed by atoms with Gasteiger partial charge < -0.3 is 10.5 Å². The van der Waals surface area contributed by atoms with Crippen molar-refractivity contribution < 1.29 is 13.5 Å². The van der Waals surface area contributed by atoms with Crippen molar-refractivity contribution in [3.63, 3.8) is 0 Å². The summed E-state index contributed by atoms with van der Waals surface area (Å²) in [6, 6.07) is 5.09. The molecule has 2 heterocycles. The van der Waals surface area contributed by atoms with Crippen LogP contribution in [0.2, 0.25) is 0 Å². The molecule has 2 aromatic heterocycles. The number of alkyl halides is 2. The first-order valence-electron chi connectivity index (χ1n) is 8.31. The van der Waals surface area contributed by atoms with Gasteiger partial charge in [-0.2, -0.15) is 0 Å². The van der Waals surface area contributed by atoms with Crippen molar-refractivity contribution in [2.24, 2.45) is 11.7 Å². The highest BCUT2D eigenvalue weighted by molar-refractivity contribution is 5.63. The highest BCUT2D eigenvalue weighted by atomic mass is 19.3. The zero-order chi connectivity index (χ0) is 18.6. The SMILES string of the molecule is Cc1cc(OC[C@@](C)(N)CC(C)C)c(C(F)F)nc1-c1ccncc1. The van der Waals surface area contributed by atoms with Crippen molar-refractivity contribution in [1.29, 1.82) is 0 Å². The summed E-state index contributed by atoms with van der Waals surface area (Å²) in [5, 5.41) is 0. The van der Waals surface area contributed by atoms with E-state index in [4.69, 9.17) is 10.5 Å². The monoisotopic (exact) mass is 349 g/mol. The summed E-state index contributed by atoms with van der Waals surface area (Å²) in [6.07, 6.45) is 1.22. The summed E-state index contributed by atoms with van der Waals surface area (Å²) in [4.78, 5) is 8.10. The molecule has 0 saturated heterocycles. The van der Waals surface area contributed by atoms with E-state index in [9.17, 15) is 8.78 Å². The number of aryl methyl sites for hydroxylation is 1. The predicted molar refractivity (Wildman–Crippen MR) is 94.7 cm³/mol. The van der Waals surface area contributed by atoms with Crippen LogP contribution in [0, 0.1) is 12.8 Å². The molecule has 0 aromatic carbocycles. The predicted octanol–water partition coefficient (Wildman–Crippen LogP) is 4.53. The van der Waals surface area contributed by atoms with Crippen LogP contribution in [-0.2, 0) is 0 Å². The molecule has 2 aromatic rings. The van der Waals surface area contributed by atoms with Gasteiger partial charge >= 0.3 is 0 Å². The molecule has 2 N–H and O–H groups in total. The Kier molecular flexibility index (Phi) is 6.06. The molecule has 0 aliphatic rings. The molecule has 4 nitrogen and oxygen atoms in total. The van der Waals surface area contributed by atoms with Gasteiger partial charge in [-0.3, -0.25) is 4.98 Å². The van der Waals surface area contributed by atoms with E-state index >= 15 is 0 Å². The Morgan fingerprint density at radius 3 is 2.44 bits per heavy atom. The van der Waals surface area contributed by atoms with Crippen molar-refractivity contribution in [3.8, 4) is 17.0 Å². The summed E-state index contributed by atoms with van der Waals surface area (Å²) in [6.45, 7) is 7.96. The molecular weight excluding hydrogens is 324 g/mol. The van der Waals surface area contributed by atoms with Gasteiger partial charge in [-0.1, -0.05) is 13.8 Å². The molecule has 0 fully saturated rings. The summed E-state index contributed by atoms with van der Waals surface area (Å²) in [5.41, 5.74) is 7.26. The van der Waals surface area contributed by atoms with Gasteiger partial charge in [0.2, 0.25) is 0 Å². The Morgan fingerprint density at radius 2 is 1.88 bits per heavy atom. The molecular formula is C19H25F2N3O. The third kappa shape index (κ3) is 5.19. The average molecular weight is 349 g/mol. The molecule has 0 saturated carbocycles. The first-order chi connectivity index (χ1) is 11.7. The van der Waals surface area contributed by atoms with E-state index in [0.717, 1.165) is 17.5 Å². The van der Waals surface area contributed by atoms with E-state index in [1.807, 2.05) is 13.8 Å². The van der Waals surface area contributed by atoms with E-state index in [1.165, 1.54) is 0 Å². The maximum atomic E-state index is 13.5. The van der Waals surface area contributed by atoms with Gasteiger partial charge in [-0.25, -0.2) is 13.8 Å². The summed E-state index contributed by atoms with van der Waals surface area (Å²) < 4.78 is 32.7. The number of aromatic nitrogens is 2. The normalized spacial score (nSPS) is 14.0. The Balaban J connectivity index is 2.31. The van der Waals surface area contributed by atoms with Gasteiger partial charge in [0, 0.05) is 23.5 Å². The van der Waals surface area contributed by atoms with Gasteiger partial charge in [-0.15, -0.1) is 0 Å². The van der Waals surface area contributed by atoms with Crippen LogP contribution in [0.25, 0.3) is 11.3 Å². The standard InChI is InChI=1S/C19H25F2N3O/c1-12(2)10-19(4,22)11-25-15-9-13(3)16(24-17(15)18(20)21)14-5-7-23-8-6-14/h5-9,12,18H,10-11,22H2,1-4H3/t19-/m0/s1. The average Bonchev–Trinajstić information content (AvgIpc) is 2.52. The van der Waals surface area contributed by atoms with Crippen LogP contribution in [0.3, 0.4) is 0 Å². The molecule has 6 heteroatoms. The van der Waals surface area contributed by atoms with Gasteiger partial charge in [-0.05, 0) is 49.9 Å². The second-order valence-corrected chi connectivity index (χ2v) is 7.11. The first kappa shape index (κ1) is 19.2. The number of hydrogen-bond acceptors (Lipinski definition) is 4. The van der Waals surface area contributed by atoms with E-state index in [-0.39, 0.29) is 18.1 Å². The maximum absolute atomic E-state index is 13.5. The van der Waals surface area contributed by atoms with Crippen LogP contribution in [-0.4, -0.2) is 22.1 Å². The van der Waals surface area contributed by atoms with Crippen LogP contribution in [0.5, 0.6) is 5.75 Å². The third-order valence-corrected chi connectivity index (χ3v) is 3.80. The van der Waals surface area contributed by atoms with Gasteiger partial charge in [0.25, 0.3) is 6.43 Å². The summed E-state index contributed by atoms with van der Waals surface area (Å²) in [5.74, 6) is 0.479. The largest absolute Gasteiger partial charge is 0.490 e. The fraction of sp³-hybridized carbons (Fsp3) is 0.474. The van der Waals surface area contributed by atoms with E-state index in [1.54, 1.807) is 30.6 Å². The zero-order valence-corrected chi connectivity index (χ0v) is 15.1. The lowest BCUT2D eigenvalue weighted by Gasteiger charge is -2.27. The number of rotatable bonds is 7. The second kappa shape index (κ2) is 7.87. The van der Waals surface area contributed by atoms with Crippen molar-refractivity contribution in [2.75, 3.05) is 6.61 Å². The number of nitrogens with two attached hydrogens (primary N) is 1. The fourth-order valence-corrected chi connectivity index (χ4v) is 2.91. The molecule has 1 atom stereocenters. The molecule has 0 aliphatic heterocycles. The van der Waals surface area contributed by atoms with Crippen LogP contribution < -0.4 is 10.5 Å². The van der Waals surface area contributed by atoms with Gasteiger partial charge in [0.15, 0.2) is 0 Å². The van der Waals surface area contributed by atoms with Crippen LogP contribution in [0.15, 0.2) is 30.6 Å². The quantitative estimate of drug-likeness (QED) is 0.798. The topological polar surface area (TPSA) is 61.0 Å². The Labute approximate surface area is 147 Å². The Bertz CT molecular complexity index is 703. The van der Waals surface area contributed by atoms with Crippen molar-refractivity contribution in [2.45, 2.75) is 46.1 Å². The molecule has 0 radical (unpaired) electrons. The first-order valence-corrected chi connectivity index (χ1v) is 8.31. The highest BCUT2D eigenvalue weighted by Gasteiger charge is 2.24. The fourth-order valence-electron chi connectivity index (χ4n) is 2.91.